The molecule has 2 amide bonds. The highest BCUT2D eigenvalue weighted by Crippen LogP contribution is 2.19. The van der Waals surface area contributed by atoms with Crippen molar-refractivity contribution in [3.63, 3.8) is 0 Å². The summed E-state index contributed by atoms with van der Waals surface area (Å²) in [7, 11) is 1.56. The number of nitrogens with zero attached hydrogens (tertiary/aromatic N) is 3. The van der Waals surface area contributed by atoms with Crippen molar-refractivity contribution in [2.75, 3.05) is 17.3 Å². The number of anilines is 2. The van der Waals surface area contributed by atoms with E-state index in [2.05, 4.69) is 16.9 Å². The number of halogens is 3. The van der Waals surface area contributed by atoms with Gasteiger partial charge in [0, 0.05) is 24.5 Å². The Bertz CT molecular complexity index is 781. The lowest BCUT2D eigenvalue weighted by molar-refractivity contribution is -0.140. The van der Waals surface area contributed by atoms with Gasteiger partial charge in [0.2, 0.25) is 5.91 Å². The molecule has 1 aromatic carbocycles. The smallest absolute Gasteiger partial charge is 0.326 e. The third-order valence-corrected chi connectivity index (χ3v) is 3.26. The van der Waals surface area contributed by atoms with Gasteiger partial charge in [-0.1, -0.05) is 6.58 Å². The molecule has 0 bridgehead atoms. The van der Waals surface area contributed by atoms with Crippen LogP contribution in [0.3, 0.4) is 0 Å². The average molecular weight is 352 g/mol. The molecule has 0 aliphatic rings. The number of carbonyl (C=O) groups excluding carboxylic acids is 2. The Balaban J connectivity index is 2.04. The molecule has 0 aliphatic heterocycles. The number of amides is 2. The van der Waals surface area contributed by atoms with Gasteiger partial charge in [-0.15, -0.1) is 0 Å². The van der Waals surface area contributed by atoms with E-state index in [0.717, 1.165) is 23.2 Å². The zero-order valence-corrected chi connectivity index (χ0v) is 13.2. The second-order valence-corrected chi connectivity index (χ2v) is 5.15. The van der Waals surface area contributed by atoms with Gasteiger partial charge in [0.05, 0.1) is 6.33 Å². The van der Waals surface area contributed by atoms with Crippen molar-refractivity contribution in [1.29, 1.82) is 0 Å². The summed E-state index contributed by atoms with van der Waals surface area (Å²) in [5, 5.41) is 2.41. The van der Waals surface area contributed by atoms with E-state index in [1.54, 1.807) is 19.2 Å². The minimum atomic E-state index is -4.37. The fourth-order valence-corrected chi connectivity index (χ4v) is 2.01. The van der Waals surface area contributed by atoms with Crippen LogP contribution in [0.1, 0.15) is 10.4 Å². The van der Waals surface area contributed by atoms with Crippen molar-refractivity contribution in [2.24, 2.45) is 0 Å². The minimum Gasteiger partial charge on any atom is -0.326 e. The fraction of sp³-hybridized carbons (Fsp3) is 0.188. The van der Waals surface area contributed by atoms with Gasteiger partial charge in [-0.25, -0.2) is 4.98 Å². The molecule has 132 valence electrons. The number of imidazole rings is 1. The van der Waals surface area contributed by atoms with Gasteiger partial charge < -0.3 is 14.8 Å². The maximum atomic E-state index is 12.3. The number of hydrogen-bond acceptors (Lipinski definition) is 3. The van der Waals surface area contributed by atoms with Gasteiger partial charge in [-0.3, -0.25) is 9.59 Å². The second-order valence-electron chi connectivity index (χ2n) is 5.15. The number of likely N-dealkylation sites (N-methyl/N-ethyl adjacent to an activating group) is 1. The van der Waals surface area contributed by atoms with Crippen LogP contribution in [0.25, 0.3) is 0 Å². The van der Waals surface area contributed by atoms with E-state index in [1.165, 1.54) is 17.0 Å². The SMILES string of the molecule is C=CC(=O)N(C)c1ccc(C(=O)Nc2cn(CC(F)(F)F)cn2)cc1. The Morgan fingerprint density at radius 3 is 2.52 bits per heavy atom. The maximum absolute atomic E-state index is 12.3. The Hall–Kier alpha value is -3.10. The number of nitrogens with one attached hydrogen (secondary N) is 1. The van der Waals surface area contributed by atoms with Crippen LogP contribution in [0.15, 0.2) is 49.4 Å². The molecule has 1 N–H and O–H groups in total. The zero-order valence-electron chi connectivity index (χ0n) is 13.2. The highest BCUT2D eigenvalue weighted by Gasteiger charge is 2.27. The Morgan fingerprint density at radius 2 is 1.96 bits per heavy atom. The van der Waals surface area contributed by atoms with Crippen LogP contribution in [0, 0.1) is 0 Å². The summed E-state index contributed by atoms with van der Waals surface area (Å²) in [4.78, 5) is 28.7. The largest absolute Gasteiger partial charge is 0.406 e. The molecule has 1 heterocycles. The molecule has 2 aromatic rings. The number of carbonyl (C=O) groups is 2. The molecule has 0 fully saturated rings. The Kier molecular flexibility index (Phi) is 5.26. The van der Waals surface area contributed by atoms with Crippen LogP contribution >= 0.6 is 0 Å². The third kappa shape index (κ3) is 4.93. The van der Waals surface area contributed by atoms with Crippen LogP contribution in [-0.4, -0.2) is 34.6 Å². The van der Waals surface area contributed by atoms with E-state index in [-0.39, 0.29) is 17.3 Å². The molecule has 25 heavy (non-hydrogen) atoms. The predicted octanol–water partition coefficient (Wildman–Crippen LogP) is 2.85. The molecule has 0 radical (unpaired) electrons. The van der Waals surface area contributed by atoms with Crippen molar-refractivity contribution in [3.05, 3.63) is 55.0 Å². The fourth-order valence-electron chi connectivity index (χ4n) is 2.01. The summed E-state index contributed by atoms with van der Waals surface area (Å²) in [6.07, 6.45) is -1.12. The standard InChI is InChI=1S/C16H15F3N4O2/c1-3-14(24)22(2)12-6-4-11(5-7-12)15(25)21-13-8-23(10-20-13)9-16(17,18)19/h3-8,10H,1,9H2,2H3,(H,21,25). The van der Waals surface area contributed by atoms with Crippen molar-refractivity contribution in [2.45, 2.75) is 12.7 Å². The first-order valence-electron chi connectivity index (χ1n) is 7.09. The van der Waals surface area contributed by atoms with Crippen LogP contribution < -0.4 is 10.2 Å². The highest BCUT2D eigenvalue weighted by molar-refractivity contribution is 6.04. The first-order chi connectivity index (χ1) is 11.7. The van der Waals surface area contributed by atoms with E-state index in [0.29, 0.717) is 5.69 Å². The van der Waals surface area contributed by atoms with Crippen molar-refractivity contribution in [3.8, 4) is 0 Å². The molecule has 2 rings (SSSR count). The Labute approximate surface area is 141 Å². The summed E-state index contributed by atoms with van der Waals surface area (Å²) in [6.45, 7) is 2.20. The molecule has 6 nitrogen and oxygen atoms in total. The molecule has 0 aliphatic carbocycles. The van der Waals surface area contributed by atoms with Gasteiger partial charge in [0.25, 0.3) is 5.91 Å². The highest BCUT2D eigenvalue weighted by atomic mass is 19.4. The van der Waals surface area contributed by atoms with Crippen molar-refractivity contribution < 1.29 is 22.8 Å². The van der Waals surface area contributed by atoms with Crippen LogP contribution in [0.2, 0.25) is 0 Å². The van der Waals surface area contributed by atoms with Crippen molar-refractivity contribution in [1.82, 2.24) is 9.55 Å². The van der Waals surface area contributed by atoms with Crippen molar-refractivity contribution >= 4 is 23.3 Å². The quantitative estimate of drug-likeness (QED) is 0.842. The first kappa shape index (κ1) is 18.2. The molecule has 0 saturated carbocycles. The summed E-state index contributed by atoms with van der Waals surface area (Å²) < 4.78 is 37.7. The van der Waals surface area contributed by atoms with Crippen LogP contribution in [-0.2, 0) is 11.3 Å². The molecule has 1 aromatic heterocycles. The first-order valence-corrected chi connectivity index (χ1v) is 7.09. The Morgan fingerprint density at radius 1 is 1.32 bits per heavy atom. The summed E-state index contributed by atoms with van der Waals surface area (Å²) in [6, 6.07) is 6.12. The van der Waals surface area contributed by atoms with E-state index in [1.807, 2.05) is 0 Å². The van der Waals surface area contributed by atoms with E-state index >= 15 is 0 Å². The molecule has 0 atom stereocenters. The molecular weight excluding hydrogens is 337 g/mol. The summed E-state index contributed by atoms with van der Waals surface area (Å²) >= 11 is 0. The van der Waals surface area contributed by atoms with E-state index < -0.39 is 18.6 Å². The molecule has 0 spiro atoms. The third-order valence-electron chi connectivity index (χ3n) is 3.26. The normalized spacial score (nSPS) is 11.0. The van der Waals surface area contributed by atoms with E-state index in [4.69, 9.17) is 0 Å². The minimum absolute atomic E-state index is 0.0114. The molecule has 9 heteroatoms. The molecular formula is C16H15F3N4O2. The van der Waals surface area contributed by atoms with Gasteiger partial charge >= 0.3 is 6.18 Å². The number of alkyl halides is 3. The molecule has 0 saturated heterocycles. The van der Waals surface area contributed by atoms with Gasteiger partial charge in [-0.05, 0) is 30.3 Å². The monoisotopic (exact) mass is 352 g/mol. The number of benzene rings is 1. The predicted molar refractivity (Wildman–Crippen MR) is 86.3 cm³/mol. The van der Waals surface area contributed by atoms with Gasteiger partial charge in [0.15, 0.2) is 5.82 Å². The van der Waals surface area contributed by atoms with E-state index in [9.17, 15) is 22.8 Å². The lowest BCUT2D eigenvalue weighted by atomic mass is 10.2. The number of aromatic nitrogens is 2. The number of rotatable bonds is 5. The topological polar surface area (TPSA) is 67.2 Å². The van der Waals surface area contributed by atoms with Crippen LogP contribution in [0.4, 0.5) is 24.7 Å². The summed E-state index contributed by atoms with van der Waals surface area (Å²) in [5.74, 6) is -0.814. The summed E-state index contributed by atoms with van der Waals surface area (Å²) in [5.41, 5.74) is 0.837. The maximum Gasteiger partial charge on any atom is 0.406 e. The lowest BCUT2D eigenvalue weighted by Gasteiger charge is -2.15. The van der Waals surface area contributed by atoms with Gasteiger partial charge in [-0.2, -0.15) is 13.2 Å². The van der Waals surface area contributed by atoms with Gasteiger partial charge in [0.1, 0.15) is 6.54 Å². The van der Waals surface area contributed by atoms with Crippen LogP contribution in [0.5, 0.6) is 0 Å². The number of hydrogen-bond donors (Lipinski definition) is 1. The molecule has 0 unspecified atom stereocenters. The zero-order chi connectivity index (χ0) is 18.6. The lowest BCUT2D eigenvalue weighted by Crippen LogP contribution is -2.23. The second kappa shape index (κ2) is 7.20. The average Bonchev–Trinajstić information content (AvgIpc) is 2.98.